The van der Waals surface area contributed by atoms with E-state index >= 15 is 0 Å². The third kappa shape index (κ3) is 4.43. The molecule has 0 aromatic rings. The molecule has 2 nitrogen and oxygen atoms in total. The lowest BCUT2D eigenvalue weighted by atomic mass is 9.64. The smallest absolute Gasteiger partial charge is 0.393 e. The van der Waals surface area contributed by atoms with E-state index in [2.05, 4.69) is 0 Å². The van der Waals surface area contributed by atoms with Crippen LogP contribution in [-0.2, 0) is 0 Å². The largest absolute Gasteiger partial charge is 0.460 e. The third-order valence-electron chi connectivity index (χ3n) is 4.36. The van der Waals surface area contributed by atoms with Crippen molar-refractivity contribution in [3.05, 3.63) is 0 Å². The molecule has 0 saturated heterocycles. The van der Waals surface area contributed by atoms with Gasteiger partial charge in [-0.25, -0.2) is 22.0 Å². The molecule has 164 valence electrons. The molecule has 27 heavy (non-hydrogen) atoms. The number of alkyl halides is 11. The number of halogens is 11. The van der Waals surface area contributed by atoms with Crippen LogP contribution in [0.5, 0.6) is 0 Å². The molecule has 0 spiro atoms. The van der Waals surface area contributed by atoms with Gasteiger partial charge >= 0.3 is 24.2 Å². The van der Waals surface area contributed by atoms with Gasteiger partial charge in [0.05, 0.1) is 11.5 Å². The lowest BCUT2D eigenvalue weighted by Gasteiger charge is -2.51. The van der Waals surface area contributed by atoms with Crippen molar-refractivity contribution in [3.8, 4) is 0 Å². The first kappa shape index (κ1) is 26.1. The Morgan fingerprint density at radius 3 is 1.37 bits per heavy atom. The quantitative estimate of drug-likeness (QED) is 0.420. The Hall–Kier alpha value is -0.850. The Bertz CT molecular complexity index is 522. The summed E-state index contributed by atoms with van der Waals surface area (Å²) in [6.45, 7) is 1.87. The average Bonchev–Trinajstić information content (AvgIpc) is 2.32. The summed E-state index contributed by atoms with van der Waals surface area (Å²) in [7, 11) is 0. The molecule has 0 aliphatic rings. The Morgan fingerprint density at radius 2 is 1.11 bits per heavy atom. The molecule has 0 aliphatic carbocycles. The summed E-state index contributed by atoms with van der Waals surface area (Å²) in [6, 6.07) is 0. The Balaban J connectivity index is 6.56. The second kappa shape index (κ2) is 6.89. The van der Waals surface area contributed by atoms with E-state index in [1.165, 1.54) is 0 Å². The molecule has 0 saturated carbocycles. The van der Waals surface area contributed by atoms with Crippen LogP contribution in [-0.4, -0.2) is 41.3 Å². The van der Waals surface area contributed by atoms with Crippen molar-refractivity contribution in [1.29, 1.82) is 0 Å². The fraction of sp³-hybridized carbons (Fsp3) is 1.00. The molecule has 0 aromatic heterocycles. The fourth-order valence-corrected chi connectivity index (χ4v) is 2.86. The van der Waals surface area contributed by atoms with E-state index < -0.39 is 58.8 Å². The maximum Gasteiger partial charge on any atom is 0.460 e. The van der Waals surface area contributed by atoms with Crippen LogP contribution in [0.3, 0.4) is 0 Å². The van der Waals surface area contributed by atoms with E-state index in [0.717, 1.165) is 6.92 Å². The Kier molecular flexibility index (Phi) is 6.67. The molecule has 0 aliphatic heterocycles. The van der Waals surface area contributed by atoms with Crippen LogP contribution >= 0.6 is 0 Å². The molecule has 0 fully saturated rings. The molecule has 2 atom stereocenters. The zero-order valence-electron chi connectivity index (χ0n) is 14.9. The van der Waals surface area contributed by atoms with Gasteiger partial charge in [-0.05, 0) is 27.2 Å². The van der Waals surface area contributed by atoms with Gasteiger partial charge in [0, 0.05) is 5.41 Å². The molecule has 0 rings (SSSR count). The standard InChI is InChI=1S/C14H20F11NO/c1-7(27)6-8(2,3)10(15,16)9(4,5)11(17,18)12(19,13(20,21)22)26-14(23,24)25/h7,26-27H,6H2,1-5H3. The maximum absolute atomic E-state index is 14.8. The summed E-state index contributed by atoms with van der Waals surface area (Å²) < 4.78 is 148. The number of rotatable bonds is 7. The molecule has 0 aromatic carbocycles. The van der Waals surface area contributed by atoms with Gasteiger partial charge in [-0.2, -0.15) is 31.7 Å². The van der Waals surface area contributed by atoms with Gasteiger partial charge in [0.2, 0.25) is 0 Å². The summed E-state index contributed by atoms with van der Waals surface area (Å²) in [6.07, 6.45) is -15.6. The number of aliphatic hydroxyl groups is 1. The Labute approximate surface area is 148 Å². The summed E-state index contributed by atoms with van der Waals surface area (Å²) in [5.41, 5.74) is -6.89. The number of aliphatic hydroxyl groups excluding tert-OH is 1. The number of nitrogens with one attached hydrogen (secondary N) is 1. The highest BCUT2D eigenvalue weighted by Gasteiger charge is 2.83. The normalized spacial score (nSPS) is 19.0. The molecule has 0 radical (unpaired) electrons. The molecule has 13 heteroatoms. The van der Waals surface area contributed by atoms with E-state index in [1.807, 2.05) is 0 Å². The molecular weight excluding hydrogens is 407 g/mol. The van der Waals surface area contributed by atoms with Crippen molar-refractivity contribution in [2.45, 2.75) is 77.3 Å². The molecule has 2 unspecified atom stereocenters. The first-order valence-corrected chi connectivity index (χ1v) is 7.43. The second-order valence-electron chi connectivity index (χ2n) is 7.49. The lowest BCUT2D eigenvalue weighted by Crippen LogP contribution is -2.74. The van der Waals surface area contributed by atoms with E-state index in [9.17, 15) is 53.4 Å². The van der Waals surface area contributed by atoms with Gasteiger partial charge in [-0.3, -0.25) is 0 Å². The average molecular weight is 427 g/mol. The highest BCUT2D eigenvalue weighted by molar-refractivity contribution is 5.12. The predicted molar refractivity (Wildman–Crippen MR) is 72.8 cm³/mol. The van der Waals surface area contributed by atoms with E-state index in [-0.39, 0.29) is 13.8 Å². The minimum atomic E-state index is -6.90. The monoisotopic (exact) mass is 427 g/mol. The highest BCUT2D eigenvalue weighted by Crippen LogP contribution is 2.62. The van der Waals surface area contributed by atoms with Crippen LogP contribution < -0.4 is 5.32 Å². The zero-order chi connectivity index (χ0) is 22.5. The van der Waals surface area contributed by atoms with Gasteiger partial charge in [-0.15, -0.1) is 0 Å². The minimum Gasteiger partial charge on any atom is -0.393 e. The molecular formula is C14H20F11NO. The highest BCUT2D eigenvalue weighted by atomic mass is 19.4. The zero-order valence-corrected chi connectivity index (χ0v) is 14.9. The molecule has 2 N–H and O–H groups in total. The van der Waals surface area contributed by atoms with Crippen molar-refractivity contribution in [1.82, 2.24) is 5.32 Å². The van der Waals surface area contributed by atoms with Crippen LogP contribution in [0.25, 0.3) is 0 Å². The van der Waals surface area contributed by atoms with E-state index in [0.29, 0.717) is 13.8 Å². The number of hydrogen-bond acceptors (Lipinski definition) is 2. The van der Waals surface area contributed by atoms with E-state index in [4.69, 9.17) is 0 Å². The first-order chi connectivity index (χ1) is 11.4. The maximum atomic E-state index is 14.8. The van der Waals surface area contributed by atoms with Crippen molar-refractivity contribution >= 4 is 0 Å². The Morgan fingerprint density at radius 1 is 0.741 bits per heavy atom. The van der Waals surface area contributed by atoms with Crippen LogP contribution in [0.4, 0.5) is 48.3 Å². The number of hydrogen-bond donors (Lipinski definition) is 2. The van der Waals surface area contributed by atoms with E-state index in [1.54, 1.807) is 0 Å². The lowest BCUT2D eigenvalue weighted by molar-refractivity contribution is -0.392. The minimum absolute atomic E-state index is 0.172. The summed E-state index contributed by atoms with van der Waals surface area (Å²) in [5.74, 6) is -17.7. The van der Waals surface area contributed by atoms with Crippen molar-refractivity contribution in [2.24, 2.45) is 10.8 Å². The third-order valence-corrected chi connectivity index (χ3v) is 4.36. The first-order valence-electron chi connectivity index (χ1n) is 7.43. The van der Waals surface area contributed by atoms with Gasteiger partial charge in [0.1, 0.15) is 0 Å². The fourth-order valence-electron chi connectivity index (χ4n) is 2.86. The SMILES string of the molecule is CC(O)CC(C)(C)C(F)(F)C(C)(C)C(F)(F)C(F)(NC(F)(F)F)C(F)(F)F. The van der Waals surface area contributed by atoms with Crippen LogP contribution in [0.15, 0.2) is 0 Å². The summed E-state index contributed by atoms with van der Waals surface area (Å²) >= 11 is 0. The van der Waals surface area contributed by atoms with Crippen molar-refractivity contribution in [2.75, 3.05) is 0 Å². The van der Waals surface area contributed by atoms with Crippen LogP contribution in [0, 0.1) is 10.8 Å². The second-order valence-corrected chi connectivity index (χ2v) is 7.49. The molecule has 0 amide bonds. The van der Waals surface area contributed by atoms with Crippen molar-refractivity contribution < 1.29 is 53.4 Å². The van der Waals surface area contributed by atoms with Crippen LogP contribution in [0.2, 0.25) is 0 Å². The summed E-state index contributed by atoms with van der Waals surface area (Å²) in [4.78, 5) is 0. The van der Waals surface area contributed by atoms with Gasteiger partial charge in [0.15, 0.2) is 0 Å². The van der Waals surface area contributed by atoms with Crippen LogP contribution in [0.1, 0.15) is 41.0 Å². The van der Waals surface area contributed by atoms with Gasteiger partial charge < -0.3 is 5.11 Å². The molecule has 0 heterocycles. The topological polar surface area (TPSA) is 32.3 Å². The molecule has 0 bridgehead atoms. The van der Waals surface area contributed by atoms with Gasteiger partial charge in [-0.1, -0.05) is 13.8 Å². The summed E-state index contributed by atoms with van der Waals surface area (Å²) in [5, 5.41) is 8.38. The van der Waals surface area contributed by atoms with Gasteiger partial charge in [0.25, 0.3) is 5.92 Å². The van der Waals surface area contributed by atoms with Crippen molar-refractivity contribution in [3.63, 3.8) is 0 Å². The predicted octanol–water partition coefficient (Wildman–Crippen LogP) is 5.42.